The highest BCUT2D eigenvalue weighted by Gasteiger charge is 2.58. The Kier molecular flexibility index (Phi) is 3.68. The van der Waals surface area contributed by atoms with Crippen molar-refractivity contribution in [1.29, 1.82) is 0 Å². The van der Waals surface area contributed by atoms with Crippen LogP contribution in [-0.4, -0.2) is 58.9 Å². The first kappa shape index (κ1) is 12.7. The smallest absolute Gasteiger partial charge is 0.261 e. The predicted octanol–water partition coefficient (Wildman–Crippen LogP) is -2.15. The molecule has 1 aliphatic heterocycles. The molecule has 1 amide bonds. The number of hydrogen-bond acceptors (Lipinski definition) is 6. The van der Waals surface area contributed by atoms with Gasteiger partial charge < -0.3 is 25.4 Å². The minimum absolute atomic E-state index is 0.613. The van der Waals surface area contributed by atoms with Crippen LogP contribution in [0.4, 0.5) is 0 Å². The molecule has 4 atom stereocenters. The maximum Gasteiger partial charge on any atom is 0.261 e. The van der Waals surface area contributed by atoms with Gasteiger partial charge in [0, 0.05) is 12.0 Å². The molecular weight excluding hydrogens is 220 g/mol. The van der Waals surface area contributed by atoms with Crippen LogP contribution in [0, 0.1) is 0 Å². The Morgan fingerprint density at radius 1 is 1.69 bits per heavy atom. The second kappa shape index (κ2) is 4.64. The van der Waals surface area contributed by atoms with Crippen LogP contribution in [0.3, 0.4) is 0 Å². The minimum atomic E-state index is -2.24. The summed E-state index contributed by atoms with van der Waals surface area (Å²) in [6.07, 6.45) is -4.42. The number of rotatable bonds is 3. The summed E-state index contributed by atoms with van der Waals surface area (Å²) in [5.41, 5.74) is 6.10. The van der Waals surface area contributed by atoms with Gasteiger partial charge in [-0.3, -0.25) is 4.79 Å². The van der Waals surface area contributed by atoms with Crippen LogP contribution in [-0.2, 0) is 9.53 Å². The van der Waals surface area contributed by atoms with Crippen molar-refractivity contribution < 1.29 is 24.9 Å². The third-order valence-electron chi connectivity index (χ3n) is 2.36. The first-order valence-corrected chi connectivity index (χ1v) is 4.46. The monoisotopic (exact) mass is 232 g/mol. The maximum atomic E-state index is 11.5. The molecule has 16 heavy (non-hydrogen) atoms. The lowest BCUT2D eigenvalue weighted by Gasteiger charge is -2.24. The topological polar surface area (TPSA) is 148 Å². The fourth-order valence-corrected chi connectivity index (χ4v) is 1.51. The molecule has 1 fully saturated rings. The number of ether oxygens (including phenoxy) is 1. The molecule has 0 saturated carbocycles. The van der Waals surface area contributed by atoms with E-state index < -0.39 is 36.6 Å². The van der Waals surface area contributed by atoms with Crippen molar-refractivity contribution in [3.8, 4) is 0 Å². The van der Waals surface area contributed by atoms with Gasteiger partial charge in [0.1, 0.15) is 18.3 Å². The fraction of sp³-hybridized carbons (Fsp3) is 0.857. The van der Waals surface area contributed by atoms with Gasteiger partial charge in [0.05, 0.1) is 6.61 Å². The third kappa shape index (κ3) is 1.70. The SMILES string of the molecule is CNC(=O)[C@@]1(N=[N+]=[N-])O[C@H](CO)[C@@H](O)[C@@H]1O. The third-order valence-corrected chi connectivity index (χ3v) is 2.36. The van der Waals surface area contributed by atoms with Crippen LogP contribution >= 0.6 is 0 Å². The average molecular weight is 232 g/mol. The summed E-state index contributed by atoms with van der Waals surface area (Å²) in [4.78, 5) is 13.9. The van der Waals surface area contributed by atoms with Crippen molar-refractivity contribution in [1.82, 2.24) is 5.32 Å². The van der Waals surface area contributed by atoms with Gasteiger partial charge in [-0.1, -0.05) is 0 Å². The van der Waals surface area contributed by atoms with Gasteiger partial charge in [0.15, 0.2) is 0 Å². The van der Waals surface area contributed by atoms with E-state index in [1.165, 1.54) is 7.05 Å². The molecule has 1 rings (SSSR count). The van der Waals surface area contributed by atoms with E-state index >= 15 is 0 Å². The summed E-state index contributed by atoms with van der Waals surface area (Å²) in [5, 5.41) is 33.2. The molecule has 4 N–H and O–H groups in total. The van der Waals surface area contributed by atoms with Gasteiger partial charge in [-0.05, 0) is 10.6 Å². The fourth-order valence-electron chi connectivity index (χ4n) is 1.51. The standard InChI is InChI=1S/C7H12N4O5/c1-9-6(15)7(10-11-8)5(14)4(13)3(2-12)16-7/h3-5,12-14H,2H2,1H3,(H,9,15)/t3-,4-,5+,7+/m1/s1. The molecule has 0 unspecified atom stereocenters. The molecule has 0 radical (unpaired) electrons. The number of amides is 1. The number of carbonyl (C=O) groups is 1. The van der Waals surface area contributed by atoms with Crippen molar-refractivity contribution >= 4 is 5.91 Å². The van der Waals surface area contributed by atoms with Crippen LogP contribution < -0.4 is 5.32 Å². The minimum Gasteiger partial charge on any atom is -0.394 e. The van der Waals surface area contributed by atoms with E-state index in [4.69, 9.17) is 15.4 Å². The van der Waals surface area contributed by atoms with E-state index in [1.807, 2.05) is 0 Å². The quantitative estimate of drug-likeness (QED) is 0.249. The summed E-state index contributed by atoms with van der Waals surface area (Å²) in [6, 6.07) is 0. The van der Waals surface area contributed by atoms with Crippen LogP contribution in [0.5, 0.6) is 0 Å². The van der Waals surface area contributed by atoms with Crippen molar-refractivity contribution in [3.05, 3.63) is 10.4 Å². The van der Waals surface area contributed by atoms with Crippen molar-refractivity contribution in [2.75, 3.05) is 13.7 Å². The van der Waals surface area contributed by atoms with Gasteiger partial charge in [0.2, 0.25) is 0 Å². The molecule has 1 heterocycles. The zero-order valence-electron chi connectivity index (χ0n) is 8.44. The predicted molar refractivity (Wildman–Crippen MR) is 49.9 cm³/mol. The Morgan fingerprint density at radius 3 is 2.69 bits per heavy atom. The largest absolute Gasteiger partial charge is 0.394 e. The number of nitrogens with zero attached hydrogens (tertiary/aromatic N) is 3. The van der Waals surface area contributed by atoms with Crippen molar-refractivity contribution in [2.24, 2.45) is 5.11 Å². The molecule has 0 bridgehead atoms. The van der Waals surface area contributed by atoms with Crippen LogP contribution in [0.2, 0.25) is 0 Å². The highest BCUT2D eigenvalue weighted by Crippen LogP contribution is 2.33. The van der Waals surface area contributed by atoms with E-state index in [0.717, 1.165) is 0 Å². The number of hydrogen-bond donors (Lipinski definition) is 4. The molecule has 0 aromatic rings. The van der Waals surface area contributed by atoms with Gasteiger partial charge in [-0.15, -0.1) is 0 Å². The number of azide groups is 1. The van der Waals surface area contributed by atoms with Gasteiger partial charge >= 0.3 is 0 Å². The number of likely N-dealkylation sites (N-methyl/N-ethyl adjacent to an activating group) is 1. The second-order valence-electron chi connectivity index (χ2n) is 3.24. The van der Waals surface area contributed by atoms with Gasteiger partial charge in [0.25, 0.3) is 11.6 Å². The van der Waals surface area contributed by atoms with E-state index in [1.54, 1.807) is 0 Å². The molecule has 9 heteroatoms. The second-order valence-corrected chi connectivity index (χ2v) is 3.24. The normalized spacial score (nSPS) is 37.9. The van der Waals surface area contributed by atoms with E-state index in [9.17, 15) is 15.0 Å². The lowest BCUT2D eigenvalue weighted by molar-refractivity contribution is -0.154. The number of nitrogens with one attached hydrogen (secondary N) is 1. The van der Waals surface area contributed by atoms with Gasteiger partial charge in [-0.2, -0.15) is 0 Å². The zero-order chi connectivity index (χ0) is 12.3. The number of aliphatic hydroxyl groups excluding tert-OH is 3. The molecule has 90 valence electrons. The van der Waals surface area contributed by atoms with E-state index in [2.05, 4.69) is 15.3 Å². The number of carbonyl (C=O) groups excluding carboxylic acids is 1. The van der Waals surface area contributed by atoms with E-state index in [0.29, 0.717) is 0 Å². The molecule has 0 aromatic carbocycles. The zero-order valence-corrected chi connectivity index (χ0v) is 8.44. The summed E-state index contributed by atoms with van der Waals surface area (Å²) >= 11 is 0. The Hall–Kier alpha value is -1.38. The lowest BCUT2D eigenvalue weighted by Crippen LogP contribution is -2.52. The Bertz CT molecular complexity index is 331. The summed E-state index contributed by atoms with van der Waals surface area (Å²) in [5.74, 6) is -0.896. The highest BCUT2D eigenvalue weighted by atomic mass is 16.6. The summed E-state index contributed by atoms with van der Waals surface area (Å²) in [7, 11) is 1.26. The molecule has 0 aromatic heterocycles. The van der Waals surface area contributed by atoms with E-state index in [-0.39, 0.29) is 0 Å². The summed E-state index contributed by atoms with van der Waals surface area (Å²) < 4.78 is 4.93. The van der Waals surface area contributed by atoms with Crippen LogP contribution in [0.25, 0.3) is 10.4 Å². The first-order valence-electron chi connectivity index (χ1n) is 4.46. The van der Waals surface area contributed by atoms with Crippen molar-refractivity contribution in [3.63, 3.8) is 0 Å². The Labute approximate surface area is 90.3 Å². The Balaban J connectivity index is 3.13. The summed E-state index contributed by atoms with van der Waals surface area (Å²) in [6.45, 7) is -0.613. The van der Waals surface area contributed by atoms with Crippen LogP contribution in [0.1, 0.15) is 0 Å². The molecule has 1 saturated heterocycles. The van der Waals surface area contributed by atoms with Crippen LogP contribution in [0.15, 0.2) is 5.11 Å². The maximum absolute atomic E-state index is 11.5. The Morgan fingerprint density at radius 2 is 2.31 bits per heavy atom. The molecule has 1 aliphatic rings. The van der Waals surface area contributed by atoms with Gasteiger partial charge in [-0.25, -0.2) is 0 Å². The molecule has 9 nitrogen and oxygen atoms in total. The highest BCUT2D eigenvalue weighted by molar-refractivity contribution is 5.86. The van der Waals surface area contributed by atoms with Crippen molar-refractivity contribution in [2.45, 2.75) is 24.0 Å². The molecule has 0 aliphatic carbocycles. The molecule has 0 spiro atoms. The average Bonchev–Trinajstić information content (AvgIpc) is 2.54. The molecular formula is C7H12N4O5. The first-order chi connectivity index (χ1) is 7.53. The number of aliphatic hydroxyl groups is 3. The lowest BCUT2D eigenvalue weighted by atomic mass is 10.0.